The molecule has 6 heteroatoms. The predicted octanol–water partition coefficient (Wildman–Crippen LogP) is 0.127. The van der Waals surface area contributed by atoms with Gasteiger partial charge in [0, 0.05) is 12.6 Å². The molecule has 2 rings (SSSR count). The van der Waals surface area contributed by atoms with Crippen LogP contribution in [0.15, 0.2) is 24.3 Å². The lowest BCUT2D eigenvalue weighted by atomic mass is 10.1. The summed E-state index contributed by atoms with van der Waals surface area (Å²) in [5.41, 5.74) is 4.18. The van der Waals surface area contributed by atoms with E-state index in [0.29, 0.717) is 18.7 Å². The maximum Gasteiger partial charge on any atom is 0.236 e. The first-order chi connectivity index (χ1) is 9.02. The van der Waals surface area contributed by atoms with Crippen molar-refractivity contribution in [2.75, 3.05) is 26.2 Å². The summed E-state index contributed by atoms with van der Waals surface area (Å²) in [4.78, 5) is 12.9. The van der Waals surface area contributed by atoms with E-state index in [4.69, 9.17) is 10.5 Å². The first-order valence-electron chi connectivity index (χ1n) is 6.11. The molecule has 1 aliphatic rings. The third-order valence-corrected chi connectivity index (χ3v) is 3.16. The molecule has 0 aliphatic carbocycles. The summed E-state index contributed by atoms with van der Waals surface area (Å²) < 4.78 is 18.3. The van der Waals surface area contributed by atoms with Crippen molar-refractivity contribution >= 4 is 5.91 Å². The molecule has 1 saturated heterocycles. The average Bonchev–Trinajstić information content (AvgIpc) is 2.79. The van der Waals surface area contributed by atoms with Crippen molar-refractivity contribution in [3.05, 3.63) is 30.1 Å². The smallest absolute Gasteiger partial charge is 0.236 e. The molecule has 0 spiro atoms. The molecule has 1 unspecified atom stereocenters. The van der Waals surface area contributed by atoms with Crippen molar-refractivity contribution in [2.45, 2.75) is 12.0 Å². The van der Waals surface area contributed by atoms with E-state index in [1.54, 1.807) is 6.07 Å². The molecule has 1 heterocycles. The number of hydrogen-bond acceptors (Lipinski definition) is 4. The second-order valence-electron chi connectivity index (χ2n) is 4.74. The molecule has 0 bridgehead atoms. The normalized spacial score (nSPS) is 22.6. The van der Waals surface area contributed by atoms with Gasteiger partial charge >= 0.3 is 0 Å². The first-order valence-corrected chi connectivity index (χ1v) is 6.11. The van der Waals surface area contributed by atoms with Crippen LogP contribution in [0.25, 0.3) is 0 Å². The molecule has 1 atom stereocenters. The second-order valence-corrected chi connectivity index (χ2v) is 4.74. The SMILES string of the molecule is NCC(=O)N1CCC(O)(COc2cccc(F)c2)C1. The standard InChI is InChI=1S/C13H17FN2O3/c14-10-2-1-3-11(6-10)19-9-13(18)4-5-16(8-13)12(17)7-15/h1-3,6,18H,4-5,7-9,15H2. The van der Waals surface area contributed by atoms with Gasteiger partial charge in [0.15, 0.2) is 0 Å². The minimum Gasteiger partial charge on any atom is -0.490 e. The van der Waals surface area contributed by atoms with Crippen LogP contribution in [0.4, 0.5) is 4.39 Å². The number of carbonyl (C=O) groups excluding carboxylic acids is 1. The molecule has 0 saturated carbocycles. The molecule has 1 amide bonds. The fourth-order valence-corrected chi connectivity index (χ4v) is 2.09. The number of likely N-dealkylation sites (tertiary alicyclic amines) is 1. The van der Waals surface area contributed by atoms with E-state index in [-0.39, 0.29) is 25.6 Å². The van der Waals surface area contributed by atoms with E-state index in [1.807, 2.05) is 0 Å². The summed E-state index contributed by atoms with van der Waals surface area (Å²) in [5.74, 6) is -0.227. The Labute approximate surface area is 110 Å². The van der Waals surface area contributed by atoms with Crippen LogP contribution in [0.5, 0.6) is 5.75 Å². The van der Waals surface area contributed by atoms with Crippen LogP contribution < -0.4 is 10.5 Å². The fourth-order valence-electron chi connectivity index (χ4n) is 2.09. The Morgan fingerprint density at radius 2 is 2.37 bits per heavy atom. The van der Waals surface area contributed by atoms with Gasteiger partial charge in [0.2, 0.25) is 5.91 Å². The topological polar surface area (TPSA) is 75.8 Å². The number of nitrogens with zero attached hydrogens (tertiary/aromatic N) is 1. The zero-order valence-electron chi connectivity index (χ0n) is 10.5. The van der Waals surface area contributed by atoms with Crippen molar-refractivity contribution in [3.63, 3.8) is 0 Å². The summed E-state index contributed by atoms with van der Waals surface area (Å²) in [6.45, 7) is 0.600. The van der Waals surface area contributed by atoms with Crippen LogP contribution >= 0.6 is 0 Å². The van der Waals surface area contributed by atoms with Crippen LogP contribution in [-0.4, -0.2) is 47.8 Å². The molecular weight excluding hydrogens is 251 g/mol. The van der Waals surface area contributed by atoms with Gasteiger partial charge in [-0.1, -0.05) is 6.07 Å². The van der Waals surface area contributed by atoms with E-state index < -0.39 is 11.4 Å². The van der Waals surface area contributed by atoms with Gasteiger partial charge in [0.05, 0.1) is 13.1 Å². The third kappa shape index (κ3) is 3.42. The highest BCUT2D eigenvalue weighted by atomic mass is 19.1. The van der Waals surface area contributed by atoms with E-state index in [0.717, 1.165) is 0 Å². The molecule has 5 nitrogen and oxygen atoms in total. The molecule has 104 valence electrons. The number of nitrogens with two attached hydrogens (primary N) is 1. The number of aliphatic hydroxyl groups is 1. The van der Waals surface area contributed by atoms with Crippen molar-refractivity contribution in [3.8, 4) is 5.75 Å². The van der Waals surface area contributed by atoms with Crippen LogP contribution in [-0.2, 0) is 4.79 Å². The number of hydrogen-bond donors (Lipinski definition) is 2. The van der Waals surface area contributed by atoms with Crippen LogP contribution in [0.1, 0.15) is 6.42 Å². The van der Waals surface area contributed by atoms with Crippen LogP contribution in [0.2, 0.25) is 0 Å². The highest BCUT2D eigenvalue weighted by Gasteiger charge is 2.38. The molecule has 1 aromatic carbocycles. The molecule has 1 fully saturated rings. The monoisotopic (exact) mass is 268 g/mol. The highest BCUT2D eigenvalue weighted by Crippen LogP contribution is 2.23. The molecule has 1 aromatic rings. The van der Waals surface area contributed by atoms with Crippen molar-refractivity contribution in [1.29, 1.82) is 0 Å². The van der Waals surface area contributed by atoms with E-state index >= 15 is 0 Å². The minimum absolute atomic E-state index is 0.0187. The van der Waals surface area contributed by atoms with Crippen molar-refractivity contribution in [2.24, 2.45) is 5.73 Å². The molecule has 19 heavy (non-hydrogen) atoms. The first kappa shape index (κ1) is 13.8. The van der Waals surface area contributed by atoms with Gasteiger partial charge in [-0.15, -0.1) is 0 Å². The molecule has 1 aliphatic heterocycles. The molecule has 3 N–H and O–H groups in total. The highest BCUT2D eigenvalue weighted by molar-refractivity contribution is 5.78. The Balaban J connectivity index is 1.91. The van der Waals surface area contributed by atoms with Crippen LogP contribution in [0, 0.1) is 5.82 Å². The molecular formula is C13H17FN2O3. The maximum absolute atomic E-state index is 13.0. The predicted molar refractivity (Wildman–Crippen MR) is 67.1 cm³/mol. The lowest BCUT2D eigenvalue weighted by Crippen LogP contribution is -2.42. The van der Waals surface area contributed by atoms with Crippen LogP contribution in [0.3, 0.4) is 0 Å². The van der Waals surface area contributed by atoms with Gasteiger partial charge in [0.25, 0.3) is 0 Å². The minimum atomic E-state index is -1.10. The number of halogens is 1. The third-order valence-electron chi connectivity index (χ3n) is 3.16. The summed E-state index contributed by atoms with van der Waals surface area (Å²) in [6.07, 6.45) is 0.425. The zero-order chi connectivity index (χ0) is 13.9. The summed E-state index contributed by atoms with van der Waals surface area (Å²) >= 11 is 0. The number of β-amino-alcohol motifs (C(OH)–C–C–N with tert-alkyl or cyclic N) is 1. The van der Waals surface area contributed by atoms with Gasteiger partial charge in [0.1, 0.15) is 23.8 Å². The van der Waals surface area contributed by atoms with Gasteiger partial charge in [-0.05, 0) is 18.6 Å². The molecule has 0 radical (unpaired) electrons. The Hall–Kier alpha value is -1.66. The largest absolute Gasteiger partial charge is 0.490 e. The van der Waals surface area contributed by atoms with Gasteiger partial charge in [-0.2, -0.15) is 0 Å². The van der Waals surface area contributed by atoms with E-state index in [1.165, 1.54) is 23.1 Å². The fraction of sp³-hybridized carbons (Fsp3) is 0.462. The summed E-state index contributed by atoms with van der Waals surface area (Å²) in [7, 11) is 0. The second kappa shape index (κ2) is 5.54. The van der Waals surface area contributed by atoms with Gasteiger partial charge in [-0.3, -0.25) is 4.79 Å². The van der Waals surface area contributed by atoms with E-state index in [9.17, 15) is 14.3 Å². The quantitative estimate of drug-likeness (QED) is 0.813. The summed E-state index contributed by atoms with van der Waals surface area (Å²) in [6, 6.07) is 5.72. The zero-order valence-corrected chi connectivity index (χ0v) is 10.5. The molecule has 0 aromatic heterocycles. The van der Waals surface area contributed by atoms with Gasteiger partial charge in [-0.25, -0.2) is 4.39 Å². The Kier molecular flexibility index (Phi) is 4.01. The Morgan fingerprint density at radius 3 is 3.05 bits per heavy atom. The van der Waals surface area contributed by atoms with Crippen molar-refractivity contribution < 1.29 is 19.0 Å². The lowest BCUT2D eigenvalue weighted by molar-refractivity contribution is -0.129. The number of carbonyl (C=O) groups is 1. The number of rotatable bonds is 4. The average molecular weight is 268 g/mol. The lowest BCUT2D eigenvalue weighted by Gasteiger charge is -2.23. The van der Waals surface area contributed by atoms with Gasteiger partial charge < -0.3 is 20.5 Å². The van der Waals surface area contributed by atoms with Crippen molar-refractivity contribution in [1.82, 2.24) is 4.90 Å². The number of benzene rings is 1. The van der Waals surface area contributed by atoms with E-state index in [2.05, 4.69) is 0 Å². The Morgan fingerprint density at radius 1 is 1.58 bits per heavy atom. The number of ether oxygens (including phenoxy) is 1. The number of amides is 1. The maximum atomic E-state index is 13.0. The summed E-state index contributed by atoms with van der Waals surface area (Å²) in [5, 5.41) is 10.3. The Bertz CT molecular complexity index is 469.